The summed E-state index contributed by atoms with van der Waals surface area (Å²) in [7, 11) is 0. The van der Waals surface area contributed by atoms with Gasteiger partial charge in [-0.3, -0.25) is 14.2 Å². The highest BCUT2D eigenvalue weighted by atomic mass is 19.4. The van der Waals surface area contributed by atoms with Gasteiger partial charge in [0, 0.05) is 12.5 Å². The number of fused-ring (bicyclic) bond motifs is 1. The molecule has 1 atom stereocenters. The molecule has 5 nitrogen and oxygen atoms in total. The van der Waals surface area contributed by atoms with Crippen LogP contribution in [0.4, 0.5) is 13.2 Å². The molecule has 26 heavy (non-hydrogen) atoms. The molecule has 1 aliphatic heterocycles. The minimum atomic E-state index is -4.55. The van der Waals surface area contributed by atoms with Crippen LogP contribution in [0, 0.1) is 6.92 Å². The van der Waals surface area contributed by atoms with Crippen LogP contribution in [0.15, 0.2) is 23.3 Å². The summed E-state index contributed by atoms with van der Waals surface area (Å²) in [6.07, 6.45) is 0.0318. The molecular weight excluding hydrogens is 347 g/mol. The first-order valence-corrected chi connectivity index (χ1v) is 8.58. The van der Waals surface area contributed by atoms with Crippen molar-refractivity contribution in [3.63, 3.8) is 0 Å². The van der Waals surface area contributed by atoms with Crippen molar-refractivity contribution in [1.82, 2.24) is 14.9 Å². The Morgan fingerprint density at radius 1 is 1.35 bits per heavy atom. The fourth-order valence-corrected chi connectivity index (χ4v) is 3.35. The molecule has 0 spiro atoms. The maximum atomic E-state index is 13.0. The number of aromatic nitrogens is 2. The Balaban J connectivity index is 1.88. The zero-order chi connectivity index (χ0) is 18.9. The Kier molecular flexibility index (Phi) is 5.13. The third-order valence-electron chi connectivity index (χ3n) is 4.68. The second kappa shape index (κ2) is 7.19. The molecule has 1 aromatic carbocycles. The van der Waals surface area contributed by atoms with Crippen molar-refractivity contribution in [2.75, 3.05) is 6.54 Å². The third-order valence-corrected chi connectivity index (χ3v) is 4.68. The monoisotopic (exact) mass is 367 g/mol. The van der Waals surface area contributed by atoms with Gasteiger partial charge in [-0.15, -0.1) is 0 Å². The largest absolute Gasteiger partial charge is 0.416 e. The lowest BCUT2D eigenvalue weighted by Crippen LogP contribution is -2.37. The molecule has 1 N–H and O–H groups in total. The van der Waals surface area contributed by atoms with Crippen molar-refractivity contribution in [2.45, 2.75) is 51.4 Å². The van der Waals surface area contributed by atoms with Gasteiger partial charge in [0.1, 0.15) is 0 Å². The molecule has 2 heterocycles. The van der Waals surface area contributed by atoms with E-state index >= 15 is 0 Å². The van der Waals surface area contributed by atoms with Crippen molar-refractivity contribution in [3.05, 3.63) is 39.9 Å². The molecule has 0 amide bonds. The maximum Gasteiger partial charge on any atom is 0.416 e. The van der Waals surface area contributed by atoms with Crippen LogP contribution >= 0.6 is 0 Å². The molecule has 140 valence electrons. The summed E-state index contributed by atoms with van der Waals surface area (Å²) in [4.78, 5) is 28.9. The first-order chi connectivity index (χ1) is 12.3. The van der Waals surface area contributed by atoms with E-state index in [0.29, 0.717) is 6.42 Å². The van der Waals surface area contributed by atoms with Crippen LogP contribution in [-0.4, -0.2) is 27.9 Å². The van der Waals surface area contributed by atoms with E-state index in [-0.39, 0.29) is 34.8 Å². The van der Waals surface area contributed by atoms with Crippen LogP contribution in [-0.2, 0) is 17.5 Å². The highest BCUT2D eigenvalue weighted by Gasteiger charge is 2.31. The molecule has 1 fully saturated rings. The van der Waals surface area contributed by atoms with Crippen molar-refractivity contribution in [2.24, 2.45) is 0 Å². The maximum absolute atomic E-state index is 13.0. The average molecular weight is 367 g/mol. The van der Waals surface area contributed by atoms with E-state index in [1.165, 1.54) is 13.3 Å². The lowest BCUT2D eigenvalue weighted by Gasteiger charge is -2.22. The molecule has 1 saturated heterocycles. The molecule has 1 aromatic heterocycles. The fourth-order valence-electron chi connectivity index (χ4n) is 3.35. The second-order valence-electron chi connectivity index (χ2n) is 6.75. The minimum absolute atomic E-state index is 0.0967. The summed E-state index contributed by atoms with van der Waals surface area (Å²) in [5, 5.41) is 3.14. The first-order valence-electron chi connectivity index (χ1n) is 8.58. The van der Waals surface area contributed by atoms with Gasteiger partial charge in [-0.2, -0.15) is 13.2 Å². The number of nitrogens with one attached hydrogen (secondary N) is 1. The van der Waals surface area contributed by atoms with Crippen LogP contribution in [0.1, 0.15) is 36.8 Å². The number of nitrogens with zero attached hydrogens (tertiary/aromatic N) is 2. The van der Waals surface area contributed by atoms with Crippen LogP contribution in [0.5, 0.6) is 0 Å². The minimum Gasteiger partial charge on any atom is -0.314 e. The highest BCUT2D eigenvalue weighted by Crippen LogP contribution is 2.31. The number of Topliss-reactive ketones (excluding diaryl/α,β-unsaturated/α-hetero) is 1. The Bertz CT molecular complexity index is 884. The highest BCUT2D eigenvalue weighted by molar-refractivity contribution is 5.83. The molecular formula is C18H20F3N3O2. The SMILES string of the molecule is Cc1cc(C(F)(F)F)cc2c(=O)n(CC(=O)CC3CCCCN3)cnc12. The number of alkyl halides is 3. The molecule has 0 radical (unpaired) electrons. The van der Waals surface area contributed by atoms with E-state index < -0.39 is 17.3 Å². The van der Waals surface area contributed by atoms with Crippen LogP contribution in [0.3, 0.4) is 0 Å². The van der Waals surface area contributed by atoms with E-state index in [0.717, 1.165) is 42.5 Å². The number of rotatable bonds is 4. The lowest BCUT2D eigenvalue weighted by molar-refractivity contribution is -0.137. The summed E-state index contributed by atoms with van der Waals surface area (Å²) in [6.45, 7) is 2.17. The quantitative estimate of drug-likeness (QED) is 0.903. The van der Waals surface area contributed by atoms with E-state index in [1.54, 1.807) is 0 Å². The zero-order valence-corrected chi connectivity index (χ0v) is 14.4. The number of piperidine rings is 1. The molecule has 8 heteroatoms. The number of ketones is 1. The summed E-state index contributed by atoms with van der Waals surface area (Å²) >= 11 is 0. The summed E-state index contributed by atoms with van der Waals surface area (Å²) in [5.74, 6) is -0.142. The van der Waals surface area contributed by atoms with Gasteiger partial charge in [0.25, 0.3) is 5.56 Å². The van der Waals surface area contributed by atoms with Gasteiger partial charge in [-0.05, 0) is 44.0 Å². The average Bonchev–Trinajstić information content (AvgIpc) is 2.57. The van der Waals surface area contributed by atoms with Gasteiger partial charge in [-0.1, -0.05) is 6.42 Å². The smallest absolute Gasteiger partial charge is 0.314 e. The van der Waals surface area contributed by atoms with E-state index in [4.69, 9.17) is 0 Å². The number of carbonyl (C=O) groups is 1. The van der Waals surface area contributed by atoms with Crippen LogP contribution < -0.4 is 10.9 Å². The van der Waals surface area contributed by atoms with Gasteiger partial charge in [0.05, 0.1) is 29.3 Å². The zero-order valence-electron chi connectivity index (χ0n) is 14.4. The summed E-state index contributed by atoms with van der Waals surface area (Å²) in [6, 6.07) is 1.87. The number of hydrogen-bond donors (Lipinski definition) is 1. The molecule has 1 aliphatic rings. The molecule has 0 bridgehead atoms. The Hall–Kier alpha value is -2.22. The standard InChI is InChI=1S/C18H20F3N3O2/c1-11-6-12(18(19,20)21)7-15-16(11)23-10-24(17(15)26)9-14(25)8-13-4-2-3-5-22-13/h6-7,10,13,22H,2-5,8-9H2,1H3. The number of carbonyl (C=O) groups excluding carboxylic acids is 1. The van der Waals surface area contributed by atoms with E-state index in [2.05, 4.69) is 10.3 Å². The van der Waals surface area contributed by atoms with E-state index in [9.17, 15) is 22.8 Å². The Morgan fingerprint density at radius 3 is 2.77 bits per heavy atom. The van der Waals surface area contributed by atoms with Gasteiger partial charge < -0.3 is 5.32 Å². The Morgan fingerprint density at radius 2 is 2.12 bits per heavy atom. The number of benzene rings is 1. The molecule has 3 rings (SSSR count). The van der Waals surface area contributed by atoms with Crippen molar-refractivity contribution in [3.8, 4) is 0 Å². The fraction of sp³-hybridized carbons (Fsp3) is 0.500. The van der Waals surface area contributed by atoms with Crippen molar-refractivity contribution >= 4 is 16.7 Å². The predicted molar refractivity (Wildman–Crippen MR) is 91.0 cm³/mol. The molecule has 1 unspecified atom stereocenters. The van der Waals surface area contributed by atoms with Gasteiger partial charge >= 0.3 is 6.18 Å². The number of aryl methyl sites for hydroxylation is 1. The van der Waals surface area contributed by atoms with Crippen molar-refractivity contribution in [1.29, 1.82) is 0 Å². The first kappa shape index (κ1) is 18.6. The normalized spacial score (nSPS) is 18.2. The molecule has 0 aliphatic carbocycles. The summed E-state index contributed by atoms with van der Waals surface area (Å²) < 4.78 is 40.1. The van der Waals surface area contributed by atoms with Gasteiger partial charge in [0.2, 0.25) is 0 Å². The summed E-state index contributed by atoms with van der Waals surface area (Å²) in [5.41, 5.74) is -1.02. The molecule has 2 aromatic rings. The molecule has 0 saturated carbocycles. The van der Waals surface area contributed by atoms with Gasteiger partial charge in [0.15, 0.2) is 5.78 Å². The Labute approximate surface area is 148 Å². The van der Waals surface area contributed by atoms with Crippen LogP contribution in [0.2, 0.25) is 0 Å². The van der Waals surface area contributed by atoms with Crippen LogP contribution in [0.25, 0.3) is 10.9 Å². The van der Waals surface area contributed by atoms with E-state index in [1.807, 2.05) is 0 Å². The second-order valence-corrected chi connectivity index (χ2v) is 6.75. The number of hydrogen-bond acceptors (Lipinski definition) is 4. The lowest BCUT2D eigenvalue weighted by atomic mass is 10.00. The number of halogens is 3. The third kappa shape index (κ3) is 3.95. The van der Waals surface area contributed by atoms with Crippen molar-refractivity contribution < 1.29 is 18.0 Å². The predicted octanol–water partition coefficient (Wildman–Crippen LogP) is 2.83. The topological polar surface area (TPSA) is 64.0 Å². The van der Waals surface area contributed by atoms with Gasteiger partial charge in [-0.25, -0.2) is 4.98 Å².